The Morgan fingerprint density at radius 1 is 1.04 bits per heavy atom. The van der Waals surface area contributed by atoms with Crippen LogP contribution < -0.4 is 15.7 Å². The first-order valence-corrected chi connectivity index (χ1v) is 7.97. The summed E-state index contributed by atoms with van der Waals surface area (Å²) in [4.78, 5) is 29.1. The summed E-state index contributed by atoms with van der Waals surface area (Å²) in [6, 6.07) is 16.1. The van der Waals surface area contributed by atoms with E-state index in [2.05, 4.69) is 15.3 Å². The maximum absolute atomic E-state index is 12.5. The molecule has 1 amide bonds. The zero-order valence-electron chi connectivity index (χ0n) is 13.6. The first-order chi connectivity index (χ1) is 12.7. The van der Waals surface area contributed by atoms with Crippen molar-refractivity contribution in [1.82, 2.24) is 9.97 Å². The van der Waals surface area contributed by atoms with E-state index in [-0.39, 0.29) is 24.0 Å². The van der Waals surface area contributed by atoms with Gasteiger partial charge in [0.25, 0.3) is 5.91 Å². The third-order valence-electron chi connectivity index (χ3n) is 3.86. The molecule has 7 nitrogen and oxygen atoms in total. The summed E-state index contributed by atoms with van der Waals surface area (Å²) in [5.74, 6) is 0.504. The van der Waals surface area contributed by atoms with E-state index >= 15 is 0 Å². The molecule has 0 aliphatic heterocycles. The fraction of sp³-hybridized carbons (Fsp3) is 0.0526. The van der Waals surface area contributed by atoms with Crippen molar-refractivity contribution in [2.45, 2.75) is 6.61 Å². The number of nitrogens with one attached hydrogen (secondary N) is 3. The third kappa shape index (κ3) is 3.23. The van der Waals surface area contributed by atoms with E-state index in [1.54, 1.807) is 24.3 Å². The van der Waals surface area contributed by atoms with Gasteiger partial charge in [-0.25, -0.2) is 4.79 Å². The van der Waals surface area contributed by atoms with E-state index in [1.165, 1.54) is 6.26 Å². The SMILES string of the molecule is O=C(Nc1ccc2[nH]c(=O)[nH]c2c1)c1occc1COc1ccccc1. The number of para-hydroxylation sites is 1. The smallest absolute Gasteiger partial charge is 0.323 e. The van der Waals surface area contributed by atoms with Crippen molar-refractivity contribution in [3.8, 4) is 5.75 Å². The Balaban J connectivity index is 1.49. The molecule has 0 saturated carbocycles. The fourth-order valence-electron chi connectivity index (χ4n) is 2.62. The molecule has 4 aromatic rings. The van der Waals surface area contributed by atoms with E-state index < -0.39 is 0 Å². The molecule has 0 saturated heterocycles. The van der Waals surface area contributed by atoms with E-state index in [0.717, 1.165) is 0 Å². The number of hydrogen-bond acceptors (Lipinski definition) is 4. The number of amides is 1. The number of ether oxygens (including phenoxy) is 1. The predicted octanol–water partition coefficient (Wildman–Crippen LogP) is 3.28. The summed E-state index contributed by atoms with van der Waals surface area (Å²) in [5, 5.41) is 2.76. The number of H-pyrrole nitrogens is 2. The van der Waals surface area contributed by atoms with Gasteiger partial charge in [0.1, 0.15) is 12.4 Å². The van der Waals surface area contributed by atoms with E-state index in [4.69, 9.17) is 9.15 Å². The Morgan fingerprint density at radius 3 is 2.69 bits per heavy atom. The maximum atomic E-state index is 12.5. The molecule has 2 heterocycles. The zero-order valence-corrected chi connectivity index (χ0v) is 13.6. The molecule has 0 radical (unpaired) electrons. The molecule has 2 aromatic carbocycles. The molecule has 0 fully saturated rings. The molecule has 3 N–H and O–H groups in total. The number of benzene rings is 2. The number of rotatable bonds is 5. The van der Waals surface area contributed by atoms with Gasteiger partial charge in [-0.15, -0.1) is 0 Å². The van der Waals surface area contributed by atoms with E-state index in [9.17, 15) is 9.59 Å². The van der Waals surface area contributed by atoms with Crippen molar-refractivity contribution in [2.24, 2.45) is 0 Å². The topological polar surface area (TPSA) is 100 Å². The summed E-state index contributed by atoms with van der Waals surface area (Å²) < 4.78 is 11.0. The Kier molecular flexibility index (Phi) is 4.03. The van der Waals surface area contributed by atoms with E-state index in [0.29, 0.717) is 28.0 Å². The largest absolute Gasteiger partial charge is 0.489 e. The number of anilines is 1. The summed E-state index contributed by atoms with van der Waals surface area (Å²) in [7, 11) is 0. The van der Waals surface area contributed by atoms with Crippen molar-refractivity contribution in [1.29, 1.82) is 0 Å². The van der Waals surface area contributed by atoms with Gasteiger partial charge in [-0.05, 0) is 36.4 Å². The number of aromatic nitrogens is 2. The van der Waals surface area contributed by atoms with Crippen LogP contribution in [0, 0.1) is 0 Å². The number of carbonyl (C=O) groups excluding carboxylic acids is 1. The van der Waals surface area contributed by atoms with Gasteiger partial charge in [-0.3, -0.25) is 4.79 Å². The predicted molar refractivity (Wildman–Crippen MR) is 96.4 cm³/mol. The summed E-state index contributed by atoms with van der Waals surface area (Å²) >= 11 is 0. The molecule has 130 valence electrons. The first-order valence-electron chi connectivity index (χ1n) is 7.97. The van der Waals surface area contributed by atoms with Gasteiger partial charge in [0, 0.05) is 11.3 Å². The van der Waals surface area contributed by atoms with Crippen LogP contribution >= 0.6 is 0 Å². The second-order valence-electron chi connectivity index (χ2n) is 5.67. The molecule has 7 heteroatoms. The Labute approximate surface area is 147 Å². The van der Waals surface area contributed by atoms with Gasteiger partial charge in [-0.2, -0.15) is 0 Å². The fourth-order valence-corrected chi connectivity index (χ4v) is 2.62. The van der Waals surface area contributed by atoms with Crippen molar-refractivity contribution < 1.29 is 13.9 Å². The molecule has 0 spiro atoms. The third-order valence-corrected chi connectivity index (χ3v) is 3.86. The lowest BCUT2D eigenvalue weighted by molar-refractivity contribution is 0.0993. The quantitative estimate of drug-likeness (QED) is 0.515. The minimum Gasteiger partial charge on any atom is -0.489 e. The molecule has 0 atom stereocenters. The van der Waals surface area contributed by atoms with Crippen LogP contribution in [0.15, 0.2) is 70.1 Å². The van der Waals surface area contributed by atoms with E-state index in [1.807, 2.05) is 30.3 Å². The highest BCUT2D eigenvalue weighted by Crippen LogP contribution is 2.19. The summed E-state index contributed by atoms with van der Waals surface area (Å²) in [5.41, 5.74) is 2.17. The molecule has 26 heavy (non-hydrogen) atoms. The number of imidazole rings is 1. The highest BCUT2D eigenvalue weighted by Gasteiger charge is 2.16. The van der Waals surface area contributed by atoms with Crippen LogP contribution in [0.5, 0.6) is 5.75 Å². The Morgan fingerprint density at radius 2 is 1.85 bits per heavy atom. The number of carbonyl (C=O) groups is 1. The minimum atomic E-state index is -0.390. The van der Waals surface area contributed by atoms with Crippen molar-refractivity contribution in [2.75, 3.05) is 5.32 Å². The molecule has 0 aliphatic rings. The van der Waals surface area contributed by atoms with Crippen molar-refractivity contribution in [3.63, 3.8) is 0 Å². The average Bonchev–Trinajstić information content (AvgIpc) is 3.26. The Bertz CT molecular complexity index is 1110. The van der Waals surface area contributed by atoms with Crippen LogP contribution in [-0.2, 0) is 6.61 Å². The lowest BCUT2D eigenvalue weighted by Gasteiger charge is -2.07. The van der Waals surface area contributed by atoms with Crippen LogP contribution in [0.2, 0.25) is 0 Å². The molecule has 0 unspecified atom stereocenters. The second-order valence-corrected chi connectivity index (χ2v) is 5.67. The monoisotopic (exact) mass is 349 g/mol. The number of furan rings is 1. The molecular weight excluding hydrogens is 334 g/mol. The van der Waals surface area contributed by atoms with Crippen LogP contribution in [0.4, 0.5) is 5.69 Å². The van der Waals surface area contributed by atoms with Crippen molar-refractivity contribution >= 4 is 22.6 Å². The van der Waals surface area contributed by atoms with Gasteiger partial charge < -0.3 is 24.4 Å². The number of fused-ring (bicyclic) bond motifs is 1. The standard InChI is InChI=1S/C19H15N3O4/c23-18(20-13-6-7-15-16(10-13)22-19(24)21-15)17-12(8-9-25-17)11-26-14-4-2-1-3-5-14/h1-10H,11H2,(H,20,23)(H2,21,22,24). The molecule has 0 aliphatic carbocycles. The normalized spacial score (nSPS) is 10.8. The van der Waals surface area contributed by atoms with Gasteiger partial charge in [0.2, 0.25) is 0 Å². The lowest BCUT2D eigenvalue weighted by Crippen LogP contribution is -2.13. The van der Waals surface area contributed by atoms with Crippen LogP contribution in [0.3, 0.4) is 0 Å². The zero-order chi connectivity index (χ0) is 17.9. The molecule has 4 rings (SSSR count). The average molecular weight is 349 g/mol. The highest BCUT2D eigenvalue weighted by molar-refractivity contribution is 6.04. The van der Waals surface area contributed by atoms with Crippen molar-refractivity contribution in [3.05, 3.63) is 82.7 Å². The lowest BCUT2D eigenvalue weighted by atomic mass is 10.2. The molecule has 0 bridgehead atoms. The number of aromatic amines is 2. The van der Waals surface area contributed by atoms with Crippen LogP contribution in [-0.4, -0.2) is 15.9 Å². The van der Waals surface area contributed by atoms with Gasteiger partial charge >= 0.3 is 5.69 Å². The summed E-state index contributed by atoms with van der Waals surface area (Å²) in [6.07, 6.45) is 1.45. The minimum absolute atomic E-state index is 0.184. The van der Waals surface area contributed by atoms with Gasteiger partial charge in [0.05, 0.1) is 17.3 Å². The number of hydrogen-bond donors (Lipinski definition) is 3. The second kappa shape index (κ2) is 6.64. The molecular formula is C19H15N3O4. The van der Waals surface area contributed by atoms with Crippen LogP contribution in [0.1, 0.15) is 16.1 Å². The highest BCUT2D eigenvalue weighted by atomic mass is 16.5. The van der Waals surface area contributed by atoms with Gasteiger partial charge in [0.15, 0.2) is 5.76 Å². The van der Waals surface area contributed by atoms with Gasteiger partial charge in [-0.1, -0.05) is 18.2 Å². The summed E-state index contributed by atoms with van der Waals surface area (Å²) in [6.45, 7) is 0.216. The van der Waals surface area contributed by atoms with Crippen LogP contribution in [0.25, 0.3) is 11.0 Å². The first kappa shape index (κ1) is 15.8. The molecule has 2 aromatic heterocycles. The maximum Gasteiger partial charge on any atom is 0.323 e. The Hall–Kier alpha value is -3.74.